The molecule has 18 heavy (non-hydrogen) atoms. The zero-order valence-corrected chi connectivity index (χ0v) is 9.67. The van der Waals surface area contributed by atoms with Gasteiger partial charge < -0.3 is 28.8 Å². The van der Waals surface area contributed by atoms with Crippen molar-refractivity contribution in [3.05, 3.63) is 22.6 Å². The second-order valence-corrected chi connectivity index (χ2v) is 4.83. The van der Waals surface area contributed by atoms with Crippen LogP contribution in [0, 0.1) is 0 Å². The Morgan fingerprint density at radius 1 is 1.00 bits per heavy atom. The smallest absolute Gasteiger partial charge is 0.144 e. The molecule has 2 saturated heterocycles. The Morgan fingerprint density at radius 3 is 2.44 bits per heavy atom. The van der Waals surface area contributed by atoms with E-state index in [-0.39, 0.29) is 37.6 Å². The monoisotopic (exact) mass is 254 g/mol. The van der Waals surface area contributed by atoms with E-state index in [0.29, 0.717) is 30.3 Å². The maximum Gasteiger partial charge on any atom is 0.144 e. The molecule has 0 spiro atoms. The molecule has 4 unspecified atom stereocenters. The molecule has 6 heteroatoms. The van der Waals surface area contributed by atoms with Crippen molar-refractivity contribution in [2.24, 2.45) is 0 Å². The highest BCUT2D eigenvalue weighted by atomic mass is 16.6. The molecule has 4 rings (SSSR count). The van der Waals surface area contributed by atoms with E-state index >= 15 is 0 Å². The van der Waals surface area contributed by atoms with E-state index in [9.17, 15) is 10.2 Å². The van der Waals surface area contributed by atoms with E-state index in [4.69, 9.17) is 18.6 Å². The third-order valence-electron chi connectivity index (χ3n) is 3.73. The SMILES string of the molecule is OCc1oc2c(c1CO)C1OC1COCC1OC21. The summed E-state index contributed by atoms with van der Waals surface area (Å²) in [6.45, 7) is 0.662. The Balaban J connectivity index is 1.81. The topological polar surface area (TPSA) is 87.9 Å². The van der Waals surface area contributed by atoms with Gasteiger partial charge >= 0.3 is 0 Å². The highest BCUT2D eigenvalue weighted by Crippen LogP contribution is 2.52. The zero-order valence-electron chi connectivity index (χ0n) is 9.67. The lowest BCUT2D eigenvalue weighted by Gasteiger charge is -1.99. The molecule has 3 aliphatic heterocycles. The molecule has 0 aromatic carbocycles. The lowest BCUT2D eigenvalue weighted by molar-refractivity contribution is 0.102. The van der Waals surface area contributed by atoms with Crippen LogP contribution >= 0.6 is 0 Å². The fourth-order valence-electron chi connectivity index (χ4n) is 2.70. The molecule has 2 fully saturated rings. The molecule has 0 saturated carbocycles. The van der Waals surface area contributed by atoms with Crippen molar-refractivity contribution in [1.82, 2.24) is 0 Å². The first-order valence-corrected chi connectivity index (χ1v) is 6.08. The van der Waals surface area contributed by atoms with E-state index in [0.717, 1.165) is 5.56 Å². The summed E-state index contributed by atoms with van der Waals surface area (Å²) in [7, 11) is 0. The molecular formula is C12H14O6. The van der Waals surface area contributed by atoms with E-state index < -0.39 is 0 Å². The Morgan fingerprint density at radius 2 is 1.72 bits per heavy atom. The first kappa shape index (κ1) is 11.0. The van der Waals surface area contributed by atoms with Gasteiger partial charge in [0.1, 0.15) is 42.5 Å². The van der Waals surface area contributed by atoms with Gasteiger partial charge in [0.15, 0.2) is 0 Å². The van der Waals surface area contributed by atoms with E-state index in [1.54, 1.807) is 0 Å². The van der Waals surface area contributed by atoms with Crippen LogP contribution in [0.4, 0.5) is 0 Å². The summed E-state index contributed by atoms with van der Waals surface area (Å²) in [6, 6.07) is 0. The summed E-state index contributed by atoms with van der Waals surface area (Å²) in [5.74, 6) is 1.10. The number of aliphatic hydroxyl groups excluding tert-OH is 2. The predicted molar refractivity (Wildman–Crippen MR) is 56.6 cm³/mol. The van der Waals surface area contributed by atoms with Gasteiger partial charge in [0.2, 0.25) is 0 Å². The fraction of sp³-hybridized carbons (Fsp3) is 0.667. The van der Waals surface area contributed by atoms with Gasteiger partial charge in [-0.2, -0.15) is 0 Å². The molecule has 0 amide bonds. The Bertz CT molecular complexity index is 481. The van der Waals surface area contributed by atoms with Crippen LogP contribution in [0.5, 0.6) is 0 Å². The number of hydrogen-bond acceptors (Lipinski definition) is 6. The number of aliphatic hydroxyl groups is 2. The van der Waals surface area contributed by atoms with Crippen LogP contribution in [-0.4, -0.2) is 35.6 Å². The first-order valence-electron chi connectivity index (χ1n) is 6.08. The predicted octanol–water partition coefficient (Wildman–Crippen LogP) is 0.174. The van der Waals surface area contributed by atoms with Gasteiger partial charge in [0, 0.05) is 11.1 Å². The van der Waals surface area contributed by atoms with Crippen LogP contribution in [0.3, 0.4) is 0 Å². The van der Waals surface area contributed by atoms with Crippen LogP contribution in [-0.2, 0) is 27.4 Å². The molecule has 4 atom stereocenters. The lowest BCUT2D eigenvalue weighted by Crippen LogP contribution is -2.07. The van der Waals surface area contributed by atoms with Crippen molar-refractivity contribution >= 4 is 0 Å². The van der Waals surface area contributed by atoms with E-state index in [2.05, 4.69) is 0 Å². The van der Waals surface area contributed by atoms with Crippen molar-refractivity contribution < 1.29 is 28.8 Å². The molecule has 1 aromatic heterocycles. The van der Waals surface area contributed by atoms with Gasteiger partial charge in [-0.25, -0.2) is 0 Å². The van der Waals surface area contributed by atoms with Crippen LogP contribution in [0.25, 0.3) is 0 Å². The number of ether oxygens (including phenoxy) is 3. The van der Waals surface area contributed by atoms with Gasteiger partial charge in [0.25, 0.3) is 0 Å². The lowest BCUT2D eigenvalue weighted by atomic mass is 10.0. The number of fused-ring (bicyclic) bond motifs is 5. The van der Waals surface area contributed by atoms with Gasteiger partial charge in [-0.1, -0.05) is 0 Å². The molecule has 4 heterocycles. The van der Waals surface area contributed by atoms with Gasteiger partial charge in [-0.15, -0.1) is 0 Å². The van der Waals surface area contributed by atoms with Crippen LogP contribution < -0.4 is 0 Å². The molecule has 0 aliphatic carbocycles. The molecule has 98 valence electrons. The summed E-state index contributed by atoms with van der Waals surface area (Å²) < 4.78 is 22.2. The van der Waals surface area contributed by atoms with E-state index in [1.165, 1.54) is 0 Å². The summed E-state index contributed by atoms with van der Waals surface area (Å²) in [6.07, 6.45) is -0.191. The molecule has 2 N–H and O–H groups in total. The highest BCUT2D eigenvalue weighted by Gasteiger charge is 2.53. The average Bonchev–Trinajstić information content (AvgIpc) is 3.28. The van der Waals surface area contributed by atoms with Crippen molar-refractivity contribution in [1.29, 1.82) is 0 Å². The normalized spacial score (nSPS) is 36.8. The largest absolute Gasteiger partial charge is 0.460 e. The quantitative estimate of drug-likeness (QED) is 0.732. The highest BCUT2D eigenvalue weighted by molar-refractivity contribution is 5.40. The number of hydrogen-bond donors (Lipinski definition) is 2. The van der Waals surface area contributed by atoms with Crippen LogP contribution in [0.2, 0.25) is 0 Å². The number of epoxide rings is 2. The molecule has 0 radical (unpaired) electrons. The van der Waals surface area contributed by atoms with Crippen LogP contribution in [0.15, 0.2) is 4.42 Å². The summed E-state index contributed by atoms with van der Waals surface area (Å²) in [4.78, 5) is 0. The van der Waals surface area contributed by atoms with Gasteiger partial charge in [0.05, 0.1) is 19.8 Å². The Hall–Kier alpha value is -0.920. The molecule has 0 bridgehead atoms. The van der Waals surface area contributed by atoms with E-state index in [1.807, 2.05) is 0 Å². The summed E-state index contributed by atoms with van der Waals surface area (Å²) in [5.41, 5.74) is 1.49. The van der Waals surface area contributed by atoms with Crippen molar-refractivity contribution in [3.63, 3.8) is 0 Å². The van der Waals surface area contributed by atoms with Gasteiger partial charge in [-0.3, -0.25) is 0 Å². The molecule has 1 aromatic rings. The minimum Gasteiger partial charge on any atom is -0.460 e. The standard InChI is InChI=1S/C12H14O6/c13-1-5-6(2-14)16-12-9(5)10-7(17-10)3-15-4-8-11(12)18-8/h7-8,10-11,13-14H,1-4H2. The second kappa shape index (κ2) is 3.79. The Labute approximate surface area is 103 Å². The van der Waals surface area contributed by atoms with Crippen molar-refractivity contribution in [2.45, 2.75) is 37.6 Å². The average molecular weight is 254 g/mol. The number of rotatable bonds is 2. The molecule has 6 nitrogen and oxygen atoms in total. The minimum absolute atomic E-state index is 0.0190. The maximum absolute atomic E-state index is 9.46. The summed E-state index contributed by atoms with van der Waals surface area (Å²) >= 11 is 0. The molecular weight excluding hydrogens is 240 g/mol. The fourth-order valence-corrected chi connectivity index (χ4v) is 2.70. The number of furan rings is 1. The first-order chi connectivity index (χ1) is 8.83. The second-order valence-electron chi connectivity index (χ2n) is 4.83. The van der Waals surface area contributed by atoms with Crippen LogP contribution in [0.1, 0.15) is 34.9 Å². The minimum atomic E-state index is -0.228. The zero-order chi connectivity index (χ0) is 12.3. The summed E-state index contributed by atoms with van der Waals surface area (Å²) in [5, 5.41) is 18.7. The van der Waals surface area contributed by atoms with Crippen molar-refractivity contribution in [2.75, 3.05) is 13.2 Å². The molecule has 3 aliphatic rings. The van der Waals surface area contributed by atoms with Gasteiger partial charge in [-0.05, 0) is 0 Å². The van der Waals surface area contributed by atoms with Crippen molar-refractivity contribution in [3.8, 4) is 0 Å². The maximum atomic E-state index is 9.46. The Kier molecular flexibility index (Phi) is 2.30. The third kappa shape index (κ3) is 1.47. The third-order valence-corrected chi connectivity index (χ3v) is 3.73.